The lowest BCUT2D eigenvalue weighted by Crippen LogP contribution is -2.50. The molecule has 1 heterocycles. The summed E-state index contributed by atoms with van der Waals surface area (Å²) in [6.45, 7) is 4.28. The van der Waals surface area contributed by atoms with E-state index in [-0.39, 0.29) is 11.8 Å². The lowest BCUT2D eigenvalue weighted by atomic mass is 10.1. The Morgan fingerprint density at radius 2 is 1.77 bits per heavy atom. The molecule has 2 N–H and O–H groups in total. The molecule has 0 aromatic heterocycles. The predicted octanol–water partition coefficient (Wildman–Crippen LogP) is 1.70. The van der Waals surface area contributed by atoms with E-state index in [1.54, 1.807) is 18.3 Å². The summed E-state index contributed by atoms with van der Waals surface area (Å²) in [5, 5.41) is 6.71. The van der Waals surface area contributed by atoms with Gasteiger partial charge in [0.2, 0.25) is 10.0 Å². The summed E-state index contributed by atoms with van der Waals surface area (Å²) in [6.07, 6.45) is 9.65. The second kappa shape index (κ2) is 11.1. The summed E-state index contributed by atoms with van der Waals surface area (Å²) < 4.78 is 31.4. The van der Waals surface area contributed by atoms with Gasteiger partial charge in [0.15, 0.2) is 5.96 Å². The molecule has 1 aliphatic heterocycles. The van der Waals surface area contributed by atoms with Gasteiger partial charge in [-0.2, -0.15) is 0 Å². The Morgan fingerprint density at radius 3 is 2.35 bits per heavy atom. The van der Waals surface area contributed by atoms with E-state index in [2.05, 4.69) is 15.6 Å². The first kappa shape index (κ1) is 21.4. The van der Waals surface area contributed by atoms with Gasteiger partial charge in [-0.25, -0.2) is 12.7 Å². The second-order valence-corrected chi connectivity index (χ2v) is 9.46. The Hall–Kier alpha value is -0.860. The van der Waals surface area contributed by atoms with Gasteiger partial charge in [-0.3, -0.25) is 4.99 Å². The fourth-order valence-electron chi connectivity index (χ4n) is 3.65. The van der Waals surface area contributed by atoms with Crippen LogP contribution in [0, 0.1) is 0 Å². The van der Waals surface area contributed by atoms with Gasteiger partial charge in [-0.15, -0.1) is 0 Å². The molecule has 1 saturated heterocycles. The van der Waals surface area contributed by atoms with Crippen LogP contribution >= 0.6 is 0 Å². The topological polar surface area (TPSA) is 83.0 Å². The first-order chi connectivity index (χ1) is 12.5. The average Bonchev–Trinajstić information content (AvgIpc) is 2.93. The molecule has 2 aliphatic rings. The molecule has 152 valence electrons. The monoisotopic (exact) mass is 388 g/mol. The van der Waals surface area contributed by atoms with Gasteiger partial charge in [-0.1, -0.05) is 25.7 Å². The Bertz CT molecular complexity index is 523. The zero-order valence-corrected chi connectivity index (χ0v) is 17.2. The number of hydrogen-bond acceptors (Lipinski definition) is 4. The highest BCUT2D eigenvalue weighted by Crippen LogP contribution is 2.19. The van der Waals surface area contributed by atoms with Crippen LogP contribution in [0.25, 0.3) is 0 Å². The van der Waals surface area contributed by atoms with Crippen LogP contribution in [0.1, 0.15) is 58.3 Å². The lowest BCUT2D eigenvalue weighted by molar-refractivity contribution is 0.0467. The number of rotatable bonds is 7. The molecular weight excluding hydrogens is 352 g/mol. The van der Waals surface area contributed by atoms with E-state index in [4.69, 9.17) is 4.74 Å². The summed E-state index contributed by atoms with van der Waals surface area (Å²) in [7, 11) is -1.30. The number of nitrogens with one attached hydrogen (secondary N) is 2. The van der Waals surface area contributed by atoms with Gasteiger partial charge in [0.05, 0.1) is 18.5 Å². The van der Waals surface area contributed by atoms with Crippen LogP contribution in [0.4, 0.5) is 0 Å². The van der Waals surface area contributed by atoms with E-state index in [0.29, 0.717) is 25.8 Å². The minimum Gasteiger partial charge on any atom is -0.376 e. The smallest absolute Gasteiger partial charge is 0.213 e. The van der Waals surface area contributed by atoms with Crippen molar-refractivity contribution in [1.29, 1.82) is 0 Å². The summed E-state index contributed by atoms with van der Waals surface area (Å²) in [4.78, 5) is 4.27. The van der Waals surface area contributed by atoms with Crippen LogP contribution in [-0.2, 0) is 14.8 Å². The van der Waals surface area contributed by atoms with Crippen molar-refractivity contribution < 1.29 is 13.2 Å². The van der Waals surface area contributed by atoms with Gasteiger partial charge in [-0.05, 0) is 32.6 Å². The van der Waals surface area contributed by atoms with Crippen LogP contribution in [0.3, 0.4) is 0 Å². The quantitative estimate of drug-likeness (QED) is 0.300. The molecule has 0 aromatic rings. The van der Waals surface area contributed by atoms with Gasteiger partial charge >= 0.3 is 0 Å². The average molecular weight is 389 g/mol. The number of aliphatic imine (C=N–C) groups is 1. The van der Waals surface area contributed by atoms with Crippen LogP contribution in [0.2, 0.25) is 0 Å². The molecule has 7 nitrogen and oxygen atoms in total. The molecule has 2 fully saturated rings. The van der Waals surface area contributed by atoms with Crippen molar-refractivity contribution in [2.45, 2.75) is 70.4 Å². The molecular formula is C18H36N4O3S. The molecule has 0 amide bonds. The highest BCUT2D eigenvalue weighted by molar-refractivity contribution is 7.89. The molecule has 0 spiro atoms. The number of nitrogens with zero attached hydrogens (tertiary/aromatic N) is 2. The molecule has 0 aromatic carbocycles. The first-order valence-electron chi connectivity index (χ1n) is 10.1. The number of guanidine groups is 1. The maximum Gasteiger partial charge on any atom is 0.213 e. The van der Waals surface area contributed by atoms with E-state index in [9.17, 15) is 8.42 Å². The van der Waals surface area contributed by atoms with Crippen molar-refractivity contribution in [3.8, 4) is 0 Å². The van der Waals surface area contributed by atoms with E-state index in [1.165, 1.54) is 38.5 Å². The molecule has 0 bridgehead atoms. The van der Waals surface area contributed by atoms with E-state index in [1.807, 2.05) is 0 Å². The van der Waals surface area contributed by atoms with Crippen molar-refractivity contribution >= 4 is 16.0 Å². The maximum absolute atomic E-state index is 11.9. The van der Waals surface area contributed by atoms with Gasteiger partial charge in [0, 0.05) is 32.7 Å². The third-order valence-electron chi connectivity index (χ3n) is 5.33. The van der Waals surface area contributed by atoms with Crippen molar-refractivity contribution in [2.24, 2.45) is 4.99 Å². The number of ether oxygens (including phenoxy) is 1. The third kappa shape index (κ3) is 7.04. The fourth-order valence-corrected chi connectivity index (χ4v) is 4.78. The number of hydrogen-bond donors (Lipinski definition) is 2. The number of piperidine rings is 1. The van der Waals surface area contributed by atoms with Gasteiger partial charge < -0.3 is 15.4 Å². The minimum atomic E-state index is -3.07. The van der Waals surface area contributed by atoms with Gasteiger partial charge in [0.25, 0.3) is 0 Å². The summed E-state index contributed by atoms with van der Waals surface area (Å²) in [5.74, 6) is 0.946. The van der Waals surface area contributed by atoms with E-state index in [0.717, 1.165) is 25.3 Å². The normalized spacial score (nSPS) is 22.2. The Balaban J connectivity index is 1.63. The minimum absolute atomic E-state index is 0.176. The Kier molecular flexibility index (Phi) is 9.15. The summed E-state index contributed by atoms with van der Waals surface area (Å²) in [5.41, 5.74) is 0. The highest BCUT2D eigenvalue weighted by atomic mass is 32.2. The van der Waals surface area contributed by atoms with Crippen molar-refractivity contribution in [2.75, 3.05) is 39.0 Å². The number of sulfonamides is 1. The van der Waals surface area contributed by atoms with Crippen LogP contribution in [0.15, 0.2) is 4.99 Å². The Labute approximate surface area is 159 Å². The molecule has 2 rings (SSSR count). The fraction of sp³-hybridized carbons (Fsp3) is 0.944. The van der Waals surface area contributed by atoms with Crippen molar-refractivity contribution in [1.82, 2.24) is 14.9 Å². The first-order valence-corrected chi connectivity index (χ1v) is 11.7. The second-order valence-electron chi connectivity index (χ2n) is 7.20. The van der Waals surface area contributed by atoms with Crippen LogP contribution in [0.5, 0.6) is 0 Å². The van der Waals surface area contributed by atoms with Gasteiger partial charge in [0.1, 0.15) is 0 Å². The third-order valence-corrected chi connectivity index (χ3v) is 7.21. The predicted molar refractivity (Wildman–Crippen MR) is 106 cm³/mol. The largest absolute Gasteiger partial charge is 0.376 e. The standard InChI is InChI=1S/C18H36N4O3S/c1-3-26(23,24)22-13-10-16(11-14-22)21-18(19-2)20-12-15-25-17-8-6-4-5-7-9-17/h16-17H,3-15H2,1-2H3,(H2,19,20,21). The van der Waals surface area contributed by atoms with Crippen LogP contribution < -0.4 is 10.6 Å². The van der Waals surface area contributed by atoms with Crippen molar-refractivity contribution in [3.63, 3.8) is 0 Å². The van der Waals surface area contributed by atoms with E-state index < -0.39 is 10.0 Å². The molecule has 8 heteroatoms. The molecule has 0 unspecified atom stereocenters. The molecule has 26 heavy (non-hydrogen) atoms. The van der Waals surface area contributed by atoms with Crippen molar-refractivity contribution in [3.05, 3.63) is 0 Å². The summed E-state index contributed by atoms with van der Waals surface area (Å²) >= 11 is 0. The highest BCUT2D eigenvalue weighted by Gasteiger charge is 2.26. The Morgan fingerprint density at radius 1 is 1.12 bits per heavy atom. The molecule has 0 atom stereocenters. The van der Waals surface area contributed by atoms with Crippen LogP contribution in [-0.4, -0.2) is 69.9 Å². The molecule has 1 aliphatic carbocycles. The summed E-state index contributed by atoms with van der Waals surface area (Å²) in [6, 6.07) is 0.257. The molecule has 0 radical (unpaired) electrons. The zero-order valence-electron chi connectivity index (χ0n) is 16.4. The zero-order chi connectivity index (χ0) is 18.8. The molecule has 1 saturated carbocycles. The lowest BCUT2D eigenvalue weighted by Gasteiger charge is -2.32. The van der Waals surface area contributed by atoms with E-state index >= 15 is 0 Å². The maximum atomic E-state index is 11.9. The SMILES string of the molecule is CCS(=O)(=O)N1CCC(NC(=NC)NCCOC2CCCCCC2)CC1.